The molecule has 1 heterocycles. The molecule has 0 bridgehead atoms. The number of rotatable bonds is 6. The Bertz CT molecular complexity index is 809. The van der Waals surface area contributed by atoms with E-state index in [4.69, 9.17) is 18.9 Å². The summed E-state index contributed by atoms with van der Waals surface area (Å²) in [5, 5.41) is 3.09. The Labute approximate surface area is 158 Å². The SMILES string of the molecule is CCOC(=O)C1=C(C)NC(C)=C(C(=O)OC)C1c1ccc(OC)c(OC)c1. The molecule has 1 unspecified atom stereocenters. The standard InChI is InChI=1S/C20H25NO6/c1-7-27-20(23)17-12(3)21-11(2)16(19(22)26-6)18(17)13-8-9-14(24-4)15(10-13)25-5/h8-10,18,21H,7H2,1-6H3. The van der Waals surface area contributed by atoms with Crippen molar-refractivity contribution in [2.45, 2.75) is 26.7 Å². The normalized spacial score (nSPS) is 16.6. The second-order valence-electron chi connectivity index (χ2n) is 5.96. The fourth-order valence-electron chi connectivity index (χ4n) is 3.22. The van der Waals surface area contributed by atoms with E-state index in [0.29, 0.717) is 39.6 Å². The summed E-state index contributed by atoms with van der Waals surface area (Å²) >= 11 is 0. The number of esters is 2. The van der Waals surface area contributed by atoms with Crippen LogP contribution in [0.4, 0.5) is 0 Å². The van der Waals surface area contributed by atoms with Crippen molar-refractivity contribution >= 4 is 11.9 Å². The van der Waals surface area contributed by atoms with Gasteiger partial charge in [0, 0.05) is 11.4 Å². The second-order valence-corrected chi connectivity index (χ2v) is 5.96. The Morgan fingerprint density at radius 1 is 0.963 bits per heavy atom. The number of hydrogen-bond donors (Lipinski definition) is 1. The van der Waals surface area contributed by atoms with Crippen LogP contribution in [0, 0.1) is 0 Å². The fraction of sp³-hybridized carbons (Fsp3) is 0.400. The van der Waals surface area contributed by atoms with Crippen LogP contribution in [0.25, 0.3) is 0 Å². The van der Waals surface area contributed by atoms with E-state index in [9.17, 15) is 9.59 Å². The lowest BCUT2D eigenvalue weighted by Gasteiger charge is -2.30. The first-order chi connectivity index (χ1) is 12.9. The molecule has 0 radical (unpaired) electrons. The van der Waals surface area contributed by atoms with Crippen LogP contribution in [0.15, 0.2) is 40.7 Å². The number of methoxy groups -OCH3 is 3. The zero-order valence-corrected chi connectivity index (χ0v) is 16.5. The highest BCUT2D eigenvalue weighted by atomic mass is 16.5. The third-order valence-electron chi connectivity index (χ3n) is 4.40. The minimum atomic E-state index is -0.655. The molecule has 2 rings (SSSR count). The lowest BCUT2D eigenvalue weighted by Crippen LogP contribution is -2.32. The number of dihydropyridines is 1. The largest absolute Gasteiger partial charge is 0.493 e. The Balaban J connectivity index is 2.70. The van der Waals surface area contributed by atoms with Gasteiger partial charge in [0.05, 0.1) is 45.0 Å². The van der Waals surface area contributed by atoms with Crippen molar-refractivity contribution in [3.63, 3.8) is 0 Å². The van der Waals surface area contributed by atoms with Crippen LogP contribution in [0.5, 0.6) is 11.5 Å². The number of ether oxygens (including phenoxy) is 4. The van der Waals surface area contributed by atoms with Crippen LogP contribution in [0.2, 0.25) is 0 Å². The maximum atomic E-state index is 12.7. The quantitative estimate of drug-likeness (QED) is 0.765. The molecule has 1 aliphatic heterocycles. The molecule has 0 spiro atoms. The summed E-state index contributed by atoms with van der Waals surface area (Å²) in [6, 6.07) is 5.27. The Morgan fingerprint density at radius 2 is 1.56 bits per heavy atom. The van der Waals surface area contributed by atoms with Gasteiger partial charge in [-0.15, -0.1) is 0 Å². The zero-order valence-electron chi connectivity index (χ0n) is 16.5. The number of allylic oxidation sites excluding steroid dienone is 2. The molecule has 7 heteroatoms. The maximum Gasteiger partial charge on any atom is 0.336 e. The van der Waals surface area contributed by atoms with Gasteiger partial charge in [0.25, 0.3) is 0 Å². The van der Waals surface area contributed by atoms with E-state index in [0.717, 1.165) is 0 Å². The van der Waals surface area contributed by atoms with Crippen molar-refractivity contribution in [1.29, 1.82) is 0 Å². The van der Waals surface area contributed by atoms with Crippen LogP contribution < -0.4 is 14.8 Å². The Hall–Kier alpha value is -2.96. The van der Waals surface area contributed by atoms with Crippen molar-refractivity contribution in [1.82, 2.24) is 5.32 Å². The minimum absolute atomic E-state index is 0.227. The Kier molecular flexibility index (Phi) is 6.50. The average molecular weight is 375 g/mol. The van der Waals surface area contributed by atoms with E-state index in [1.165, 1.54) is 14.2 Å². The summed E-state index contributed by atoms with van der Waals surface area (Å²) in [6.07, 6.45) is 0. The Morgan fingerprint density at radius 3 is 2.07 bits per heavy atom. The van der Waals surface area contributed by atoms with Gasteiger partial charge in [-0.05, 0) is 38.5 Å². The van der Waals surface area contributed by atoms with Gasteiger partial charge >= 0.3 is 11.9 Å². The smallest absolute Gasteiger partial charge is 0.336 e. The molecular formula is C20H25NO6. The molecule has 0 saturated carbocycles. The van der Waals surface area contributed by atoms with Crippen LogP contribution in [0.1, 0.15) is 32.3 Å². The molecule has 27 heavy (non-hydrogen) atoms. The first kappa shape index (κ1) is 20.4. The molecule has 0 amide bonds. The van der Waals surface area contributed by atoms with E-state index < -0.39 is 17.9 Å². The van der Waals surface area contributed by atoms with Crippen molar-refractivity contribution in [2.75, 3.05) is 27.9 Å². The van der Waals surface area contributed by atoms with Gasteiger partial charge in [0.1, 0.15) is 0 Å². The van der Waals surface area contributed by atoms with E-state index in [-0.39, 0.29) is 6.61 Å². The third-order valence-corrected chi connectivity index (χ3v) is 4.40. The summed E-state index contributed by atoms with van der Waals surface area (Å²) in [4.78, 5) is 25.2. The zero-order chi connectivity index (χ0) is 20.1. The lowest BCUT2D eigenvalue weighted by atomic mass is 9.80. The summed E-state index contributed by atoms with van der Waals surface area (Å²) in [6.45, 7) is 5.51. The van der Waals surface area contributed by atoms with Crippen molar-refractivity contribution in [2.24, 2.45) is 0 Å². The van der Waals surface area contributed by atoms with E-state index >= 15 is 0 Å². The van der Waals surface area contributed by atoms with Gasteiger partial charge in [0.2, 0.25) is 0 Å². The average Bonchev–Trinajstić information content (AvgIpc) is 2.66. The molecule has 0 aliphatic carbocycles. The van der Waals surface area contributed by atoms with Crippen molar-refractivity contribution in [3.05, 3.63) is 46.3 Å². The predicted octanol–water partition coefficient (Wildman–Crippen LogP) is 2.67. The predicted molar refractivity (Wildman–Crippen MR) is 99.5 cm³/mol. The summed E-state index contributed by atoms with van der Waals surface area (Å²) in [7, 11) is 4.38. The van der Waals surface area contributed by atoms with E-state index in [2.05, 4.69) is 5.32 Å². The molecule has 0 aromatic heterocycles. The molecule has 0 saturated heterocycles. The minimum Gasteiger partial charge on any atom is -0.493 e. The molecule has 1 N–H and O–H groups in total. The molecule has 1 aliphatic rings. The van der Waals surface area contributed by atoms with Gasteiger partial charge < -0.3 is 24.3 Å². The maximum absolute atomic E-state index is 12.7. The fourth-order valence-corrected chi connectivity index (χ4v) is 3.22. The molecular weight excluding hydrogens is 350 g/mol. The van der Waals surface area contributed by atoms with E-state index in [1.807, 2.05) is 0 Å². The number of hydrogen-bond acceptors (Lipinski definition) is 7. The highest BCUT2D eigenvalue weighted by molar-refractivity contribution is 5.99. The van der Waals surface area contributed by atoms with Gasteiger partial charge in [-0.3, -0.25) is 0 Å². The monoisotopic (exact) mass is 375 g/mol. The third kappa shape index (κ3) is 3.92. The second kappa shape index (κ2) is 8.62. The van der Waals surface area contributed by atoms with Gasteiger partial charge in [-0.1, -0.05) is 6.07 Å². The summed E-state index contributed by atoms with van der Waals surface area (Å²) in [5.74, 6) is -0.618. The van der Waals surface area contributed by atoms with Gasteiger partial charge in [0.15, 0.2) is 11.5 Å². The van der Waals surface area contributed by atoms with Crippen LogP contribution in [-0.2, 0) is 19.1 Å². The molecule has 1 aromatic rings. The topological polar surface area (TPSA) is 83.1 Å². The van der Waals surface area contributed by atoms with Crippen molar-refractivity contribution in [3.8, 4) is 11.5 Å². The molecule has 7 nitrogen and oxygen atoms in total. The van der Waals surface area contributed by atoms with Crippen LogP contribution >= 0.6 is 0 Å². The number of nitrogens with one attached hydrogen (secondary N) is 1. The first-order valence-corrected chi connectivity index (χ1v) is 8.55. The molecule has 1 aromatic carbocycles. The molecule has 146 valence electrons. The number of benzene rings is 1. The number of carbonyl (C=O) groups is 2. The molecule has 0 fully saturated rings. The first-order valence-electron chi connectivity index (χ1n) is 8.55. The van der Waals surface area contributed by atoms with Gasteiger partial charge in [-0.2, -0.15) is 0 Å². The molecule has 1 atom stereocenters. The highest BCUT2D eigenvalue weighted by Crippen LogP contribution is 2.41. The highest BCUT2D eigenvalue weighted by Gasteiger charge is 2.38. The van der Waals surface area contributed by atoms with Crippen LogP contribution in [-0.4, -0.2) is 39.9 Å². The van der Waals surface area contributed by atoms with Crippen LogP contribution in [0.3, 0.4) is 0 Å². The lowest BCUT2D eigenvalue weighted by molar-refractivity contribution is -0.139. The number of carbonyl (C=O) groups excluding carboxylic acids is 2. The summed E-state index contributed by atoms with van der Waals surface area (Å²) < 4.78 is 20.9. The summed E-state index contributed by atoms with van der Waals surface area (Å²) in [5.41, 5.74) is 2.63. The van der Waals surface area contributed by atoms with Gasteiger partial charge in [-0.25, -0.2) is 9.59 Å². The van der Waals surface area contributed by atoms with Crippen molar-refractivity contribution < 1.29 is 28.5 Å². The van der Waals surface area contributed by atoms with E-state index in [1.54, 1.807) is 46.1 Å².